The molecular weight excluding hydrogens is 376 g/mol. The Morgan fingerprint density at radius 3 is 2.32 bits per heavy atom. The summed E-state index contributed by atoms with van der Waals surface area (Å²) in [5, 5.41) is 23.7. The van der Waals surface area contributed by atoms with Crippen molar-refractivity contribution in [2.24, 2.45) is 0 Å². The molecule has 0 bridgehead atoms. The van der Waals surface area contributed by atoms with Crippen LogP contribution in [0, 0.1) is 10.1 Å². The topological polar surface area (TPSA) is 68.3 Å². The molecule has 0 aliphatic carbocycles. The molecule has 3 aromatic carbocycles. The fraction of sp³-hybridized carbons (Fsp3) is 0.0909. The number of rotatable bonds is 5. The first kappa shape index (κ1) is 18.1. The Balaban J connectivity index is 2.07. The molecule has 0 saturated carbocycles. The molecule has 1 unspecified atom stereocenters. The predicted octanol–water partition coefficient (Wildman–Crippen LogP) is 5.61. The molecule has 0 fully saturated rings. The molecule has 4 aromatic rings. The Kier molecular flexibility index (Phi) is 4.75. The summed E-state index contributed by atoms with van der Waals surface area (Å²) in [6.07, 6.45) is 0. The van der Waals surface area contributed by atoms with E-state index in [0.29, 0.717) is 27.4 Å². The van der Waals surface area contributed by atoms with Gasteiger partial charge in [0.2, 0.25) is 6.54 Å². The molecule has 0 saturated heterocycles. The normalized spacial score (nSPS) is 12.2. The van der Waals surface area contributed by atoms with Gasteiger partial charge in [0, 0.05) is 26.5 Å². The maximum absolute atomic E-state index is 11.6. The van der Waals surface area contributed by atoms with Gasteiger partial charge in [-0.3, -0.25) is 10.1 Å². The number of fused-ring (bicyclic) bond motifs is 1. The van der Waals surface area contributed by atoms with Crippen LogP contribution in [0.15, 0.2) is 78.9 Å². The lowest BCUT2D eigenvalue weighted by molar-refractivity contribution is -0.481. The summed E-state index contributed by atoms with van der Waals surface area (Å²) in [6, 6.07) is 23.9. The van der Waals surface area contributed by atoms with Crippen molar-refractivity contribution in [3.05, 3.63) is 105 Å². The van der Waals surface area contributed by atoms with Crippen LogP contribution in [0.3, 0.4) is 0 Å². The lowest BCUT2D eigenvalue weighted by atomic mass is 9.87. The average Bonchev–Trinajstić information content (AvgIpc) is 3.00. The van der Waals surface area contributed by atoms with Crippen LogP contribution in [-0.4, -0.2) is 21.4 Å². The first-order valence-electron chi connectivity index (χ1n) is 8.82. The second kappa shape index (κ2) is 7.37. The van der Waals surface area contributed by atoms with E-state index in [-0.39, 0.29) is 11.5 Å². The third-order valence-corrected chi connectivity index (χ3v) is 5.24. The summed E-state index contributed by atoms with van der Waals surface area (Å²) >= 11 is 6.42. The van der Waals surface area contributed by atoms with E-state index >= 15 is 0 Å². The number of hydrogen-bond acceptors (Lipinski definition) is 3. The van der Waals surface area contributed by atoms with Crippen molar-refractivity contribution in [2.75, 3.05) is 6.54 Å². The Morgan fingerprint density at radius 2 is 1.61 bits per heavy atom. The van der Waals surface area contributed by atoms with Gasteiger partial charge in [-0.05, 0) is 17.7 Å². The van der Waals surface area contributed by atoms with Crippen LogP contribution >= 0.6 is 11.6 Å². The molecule has 0 spiro atoms. The minimum absolute atomic E-state index is 0.336. The first-order valence-corrected chi connectivity index (χ1v) is 9.20. The van der Waals surface area contributed by atoms with Gasteiger partial charge in [-0.2, -0.15) is 4.73 Å². The largest absolute Gasteiger partial charge is 0.428 e. The molecule has 6 heteroatoms. The van der Waals surface area contributed by atoms with Crippen LogP contribution in [0.25, 0.3) is 22.2 Å². The Labute approximate surface area is 166 Å². The minimum Gasteiger partial charge on any atom is -0.428 e. The summed E-state index contributed by atoms with van der Waals surface area (Å²) in [5.41, 5.74) is 3.26. The number of benzene rings is 3. The lowest BCUT2D eigenvalue weighted by Gasteiger charge is -2.17. The summed E-state index contributed by atoms with van der Waals surface area (Å²) in [7, 11) is 0. The fourth-order valence-corrected chi connectivity index (χ4v) is 3.99. The van der Waals surface area contributed by atoms with Crippen LogP contribution in [0.2, 0.25) is 5.02 Å². The molecule has 1 heterocycles. The number of nitrogens with zero attached hydrogens (tertiary/aromatic N) is 2. The van der Waals surface area contributed by atoms with E-state index in [9.17, 15) is 15.3 Å². The highest BCUT2D eigenvalue weighted by molar-refractivity contribution is 6.31. The van der Waals surface area contributed by atoms with Crippen LogP contribution < -0.4 is 0 Å². The van der Waals surface area contributed by atoms with Gasteiger partial charge in [0.1, 0.15) is 0 Å². The monoisotopic (exact) mass is 392 g/mol. The van der Waals surface area contributed by atoms with Gasteiger partial charge in [-0.15, -0.1) is 0 Å². The van der Waals surface area contributed by atoms with E-state index < -0.39 is 5.92 Å². The van der Waals surface area contributed by atoms with Gasteiger partial charge in [0.25, 0.3) is 0 Å². The fourth-order valence-electron chi connectivity index (χ4n) is 3.73. The molecule has 4 rings (SSSR count). The average molecular weight is 393 g/mol. The van der Waals surface area contributed by atoms with Crippen molar-refractivity contribution >= 4 is 22.5 Å². The summed E-state index contributed by atoms with van der Waals surface area (Å²) in [4.78, 5) is 11.2. The van der Waals surface area contributed by atoms with E-state index in [0.717, 1.165) is 15.7 Å². The third kappa shape index (κ3) is 3.10. The van der Waals surface area contributed by atoms with Crippen molar-refractivity contribution in [3.8, 4) is 11.3 Å². The van der Waals surface area contributed by atoms with Crippen molar-refractivity contribution in [1.82, 2.24) is 4.73 Å². The maximum Gasteiger partial charge on any atom is 0.214 e. The quantitative estimate of drug-likeness (QED) is 0.273. The number of hydrogen-bond donors (Lipinski definition) is 1. The van der Waals surface area contributed by atoms with Crippen molar-refractivity contribution in [3.63, 3.8) is 0 Å². The maximum atomic E-state index is 11.6. The molecule has 0 radical (unpaired) electrons. The van der Waals surface area contributed by atoms with E-state index in [4.69, 9.17) is 11.6 Å². The Morgan fingerprint density at radius 1 is 0.964 bits per heavy atom. The second-order valence-corrected chi connectivity index (χ2v) is 6.95. The number of halogens is 1. The molecule has 5 nitrogen and oxygen atoms in total. The highest BCUT2D eigenvalue weighted by Gasteiger charge is 2.30. The number of nitro groups is 1. The Hall–Kier alpha value is -3.31. The zero-order chi connectivity index (χ0) is 19.7. The molecule has 0 amide bonds. The summed E-state index contributed by atoms with van der Waals surface area (Å²) < 4.78 is 1.11. The lowest BCUT2D eigenvalue weighted by Crippen LogP contribution is -2.15. The van der Waals surface area contributed by atoms with E-state index in [1.165, 1.54) is 0 Å². The molecular formula is C22H17ClN2O3. The van der Waals surface area contributed by atoms with Gasteiger partial charge < -0.3 is 5.21 Å². The molecule has 1 N–H and O–H groups in total. The van der Waals surface area contributed by atoms with Crippen LogP contribution in [0.5, 0.6) is 0 Å². The zero-order valence-electron chi connectivity index (χ0n) is 14.8. The van der Waals surface area contributed by atoms with Crippen molar-refractivity contribution < 1.29 is 10.1 Å². The summed E-state index contributed by atoms with van der Waals surface area (Å²) in [5.74, 6) is -0.614. The number of para-hydroxylation sites is 1. The second-order valence-electron chi connectivity index (χ2n) is 6.55. The van der Waals surface area contributed by atoms with Crippen LogP contribution in [-0.2, 0) is 0 Å². The standard InChI is InChI=1S/C22H17ClN2O3/c23-19-12-6-4-10-16(19)18(14-24(26)27)21-17-11-5-7-13-20(17)25(28)22(21)15-8-2-1-3-9-15/h1-13,18,28H,14H2. The molecule has 0 aliphatic heterocycles. The minimum atomic E-state index is -0.614. The van der Waals surface area contributed by atoms with E-state index in [1.807, 2.05) is 54.6 Å². The molecule has 140 valence electrons. The number of aromatic nitrogens is 1. The van der Waals surface area contributed by atoms with Crippen LogP contribution in [0.4, 0.5) is 0 Å². The van der Waals surface area contributed by atoms with Crippen molar-refractivity contribution in [2.45, 2.75) is 5.92 Å². The SMILES string of the molecule is O=[N+]([O-])CC(c1ccccc1Cl)c1c(-c2ccccc2)n(O)c2ccccc12. The van der Waals surface area contributed by atoms with E-state index in [1.54, 1.807) is 24.3 Å². The first-order chi connectivity index (χ1) is 13.6. The highest BCUT2D eigenvalue weighted by atomic mass is 35.5. The Bertz CT molecular complexity index is 1160. The van der Waals surface area contributed by atoms with Crippen molar-refractivity contribution in [1.29, 1.82) is 0 Å². The smallest absolute Gasteiger partial charge is 0.214 e. The molecule has 0 aliphatic rings. The van der Waals surface area contributed by atoms with Gasteiger partial charge in [-0.25, -0.2) is 0 Å². The highest BCUT2D eigenvalue weighted by Crippen LogP contribution is 2.42. The van der Waals surface area contributed by atoms with Crippen LogP contribution in [0.1, 0.15) is 17.0 Å². The zero-order valence-corrected chi connectivity index (χ0v) is 15.6. The van der Waals surface area contributed by atoms with Gasteiger partial charge in [-0.1, -0.05) is 78.3 Å². The van der Waals surface area contributed by atoms with Gasteiger partial charge >= 0.3 is 0 Å². The molecule has 1 atom stereocenters. The van der Waals surface area contributed by atoms with Gasteiger partial charge in [0.15, 0.2) is 0 Å². The van der Waals surface area contributed by atoms with E-state index in [2.05, 4.69) is 0 Å². The summed E-state index contributed by atoms with van der Waals surface area (Å²) in [6.45, 7) is -0.336. The predicted molar refractivity (Wildman–Crippen MR) is 110 cm³/mol. The molecule has 1 aromatic heterocycles. The molecule has 28 heavy (non-hydrogen) atoms. The third-order valence-electron chi connectivity index (χ3n) is 4.90. The van der Waals surface area contributed by atoms with Gasteiger partial charge in [0.05, 0.1) is 17.1 Å².